The molecule has 0 radical (unpaired) electrons. The van der Waals surface area contributed by atoms with Crippen LogP contribution in [0.5, 0.6) is 0 Å². The van der Waals surface area contributed by atoms with Crippen LogP contribution in [0.1, 0.15) is 36.9 Å². The Kier molecular flexibility index (Phi) is 4.51. The van der Waals surface area contributed by atoms with E-state index in [4.69, 9.17) is 4.74 Å². The predicted molar refractivity (Wildman–Crippen MR) is 68.9 cm³/mol. The van der Waals surface area contributed by atoms with Crippen molar-refractivity contribution in [3.8, 4) is 0 Å². The molecule has 1 aliphatic rings. The summed E-state index contributed by atoms with van der Waals surface area (Å²) >= 11 is 0. The van der Waals surface area contributed by atoms with Crippen LogP contribution in [0.2, 0.25) is 0 Å². The monoisotopic (exact) mass is 234 g/mol. The van der Waals surface area contributed by atoms with Gasteiger partial charge >= 0.3 is 0 Å². The minimum atomic E-state index is 0.477. The van der Waals surface area contributed by atoms with Crippen LogP contribution in [0.15, 0.2) is 18.3 Å². The van der Waals surface area contributed by atoms with E-state index in [0.717, 1.165) is 6.54 Å². The number of nitrogens with zero attached hydrogens (tertiary/aromatic N) is 1. The summed E-state index contributed by atoms with van der Waals surface area (Å²) in [5, 5.41) is 3.61. The van der Waals surface area contributed by atoms with Gasteiger partial charge in [-0.3, -0.25) is 4.98 Å². The Morgan fingerprint density at radius 1 is 1.35 bits per heavy atom. The first-order chi connectivity index (χ1) is 8.29. The van der Waals surface area contributed by atoms with Crippen LogP contribution in [0.25, 0.3) is 0 Å². The number of nitrogens with one attached hydrogen (secondary N) is 1. The lowest BCUT2D eigenvalue weighted by Crippen LogP contribution is -2.35. The molecule has 1 N–H and O–H groups in total. The van der Waals surface area contributed by atoms with E-state index in [-0.39, 0.29) is 0 Å². The molecule has 0 saturated heterocycles. The first-order valence-electron chi connectivity index (χ1n) is 6.46. The summed E-state index contributed by atoms with van der Waals surface area (Å²) in [5.41, 5.74) is 2.44. The van der Waals surface area contributed by atoms with E-state index in [1.165, 1.54) is 36.9 Å². The first kappa shape index (κ1) is 12.5. The van der Waals surface area contributed by atoms with Gasteiger partial charge in [-0.25, -0.2) is 0 Å². The van der Waals surface area contributed by atoms with E-state index in [9.17, 15) is 0 Å². The molecule has 0 amide bonds. The van der Waals surface area contributed by atoms with Gasteiger partial charge in [-0.05, 0) is 44.2 Å². The van der Waals surface area contributed by atoms with Gasteiger partial charge < -0.3 is 10.1 Å². The molecule has 94 valence electrons. The van der Waals surface area contributed by atoms with Crippen molar-refractivity contribution < 1.29 is 4.74 Å². The second kappa shape index (κ2) is 6.12. The van der Waals surface area contributed by atoms with Crippen molar-refractivity contribution in [1.29, 1.82) is 0 Å². The molecule has 3 nitrogen and oxygen atoms in total. The summed E-state index contributed by atoms with van der Waals surface area (Å²) in [6.45, 7) is 3.00. The molecule has 0 aliphatic heterocycles. The summed E-state index contributed by atoms with van der Waals surface area (Å²) in [6.07, 6.45) is 7.12. The van der Waals surface area contributed by atoms with Crippen LogP contribution in [0, 0.1) is 6.92 Å². The molecule has 0 bridgehead atoms. The number of hydrogen-bond donors (Lipinski definition) is 1. The number of aromatic nitrogens is 1. The van der Waals surface area contributed by atoms with Crippen LogP contribution >= 0.6 is 0 Å². The number of hydrogen-bond acceptors (Lipinski definition) is 3. The van der Waals surface area contributed by atoms with Gasteiger partial charge in [0, 0.05) is 25.9 Å². The van der Waals surface area contributed by atoms with Gasteiger partial charge in [0.15, 0.2) is 0 Å². The van der Waals surface area contributed by atoms with E-state index >= 15 is 0 Å². The molecule has 3 heteroatoms. The zero-order valence-electron chi connectivity index (χ0n) is 10.8. The fourth-order valence-corrected chi connectivity index (χ4v) is 2.45. The summed E-state index contributed by atoms with van der Waals surface area (Å²) in [4.78, 5) is 4.41. The SMILES string of the molecule is COC1CCC(NCc2ncccc2C)CC1. The van der Waals surface area contributed by atoms with Crippen LogP contribution in [0.4, 0.5) is 0 Å². The van der Waals surface area contributed by atoms with Crippen molar-refractivity contribution in [2.75, 3.05) is 7.11 Å². The maximum atomic E-state index is 5.38. The Bertz CT molecular complexity index is 346. The summed E-state index contributed by atoms with van der Waals surface area (Å²) < 4.78 is 5.38. The molecule has 17 heavy (non-hydrogen) atoms. The number of methoxy groups -OCH3 is 1. The van der Waals surface area contributed by atoms with Crippen LogP contribution in [0.3, 0.4) is 0 Å². The normalized spacial score (nSPS) is 24.8. The van der Waals surface area contributed by atoms with Crippen LogP contribution < -0.4 is 5.32 Å². The van der Waals surface area contributed by atoms with E-state index in [1.807, 2.05) is 19.4 Å². The highest BCUT2D eigenvalue weighted by molar-refractivity contribution is 5.17. The van der Waals surface area contributed by atoms with Crippen LogP contribution in [-0.4, -0.2) is 24.2 Å². The molecule has 2 rings (SSSR count). The Morgan fingerprint density at radius 3 is 2.76 bits per heavy atom. The van der Waals surface area contributed by atoms with Gasteiger partial charge in [0.25, 0.3) is 0 Å². The molecule has 1 heterocycles. The number of rotatable bonds is 4. The third-order valence-electron chi connectivity index (χ3n) is 3.68. The molecule has 1 fully saturated rings. The van der Waals surface area contributed by atoms with Gasteiger partial charge in [-0.15, -0.1) is 0 Å². The zero-order valence-corrected chi connectivity index (χ0v) is 10.8. The third-order valence-corrected chi connectivity index (χ3v) is 3.68. The fraction of sp³-hybridized carbons (Fsp3) is 0.643. The lowest BCUT2D eigenvalue weighted by molar-refractivity contribution is 0.0623. The number of ether oxygens (including phenoxy) is 1. The quantitative estimate of drug-likeness (QED) is 0.869. The minimum absolute atomic E-state index is 0.477. The van der Waals surface area contributed by atoms with E-state index in [2.05, 4.69) is 23.3 Å². The van der Waals surface area contributed by atoms with E-state index in [1.54, 1.807) is 0 Å². The van der Waals surface area contributed by atoms with Crippen molar-refractivity contribution in [3.63, 3.8) is 0 Å². The average Bonchev–Trinajstić information content (AvgIpc) is 2.38. The van der Waals surface area contributed by atoms with E-state index < -0.39 is 0 Å². The van der Waals surface area contributed by atoms with Gasteiger partial charge in [0.1, 0.15) is 0 Å². The maximum absolute atomic E-state index is 5.38. The Labute approximate surface area is 104 Å². The smallest absolute Gasteiger partial charge is 0.0572 e. The topological polar surface area (TPSA) is 34.1 Å². The van der Waals surface area contributed by atoms with Crippen molar-refractivity contribution in [2.24, 2.45) is 0 Å². The molecular formula is C14H22N2O. The highest BCUT2D eigenvalue weighted by Gasteiger charge is 2.20. The van der Waals surface area contributed by atoms with Gasteiger partial charge in [-0.2, -0.15) is 0 Å². The summed E-state index contributed by atoms with van der Waals surface area (Å²) in [7, 11) is 1.82. The lowest BCUT2D eigenvalue weighted by atomic mass is 9.93. The van der Waals surface area contributed by atoms with Crippen LogP contribution in [-0.2, 0) is 11.3 Å². The molecule has 0 atom stereocenters. The van der Waals surface area contributed by atoms with Gasteiger partial charge in [0.2, 0.25) is 0 Å². The molecule has 0 unspecified atom stereocenters. The van der Waals surface area contributed by atoms with Crippen molar-refractivity contribution in [3.05, 3.63) is 29.6 Å². The molecular weight excluding hydrogens is 212 g/mol. The Hall–Kier alpha value is -0.930. The molecule has 1 aromatic heterocycles. The highest BCUT2D eigenvalue weighted by Crippen LogP contribution is 2.20. The summed E-state index contributed by atoms with van der Waals surface area (Å²) in [5.74, 6) is 0. The Morgan fingerprint density at radius 2 is 2.12 bits per heavy atom. The standard InChI is InChI=1S/C14H22N2O/c1-11-4-3-9-15-14(11)10-16-12-5-7-13(17-2)8-6-12/h3-4,9,12-13,16H,5-8,10H2,1-2H3. The third kappa shape index (κ3) is 3.51. The second-order valence-electron chi connectivity index (χ2n) is 4.86. The largest absolute Gasteiger partial charge is 0.381 e. The summed E-state index contributed by atoms with van der Waals surface area (Å²) in [6, 6.07) is 4.73. The van der Waals surface area contributed by atoms with Gasteiger partial charge in [-0.1, -0.05) is 6.07 Å². The molecule has 1 aromatic rings. The number of aryl methyl sites for hydroxylation is 1. The zero-order chi connectivity index (χ0) is 12.1. The number of pyridine rings is 1. The van der Waals surface area contributed by atoms with Crippen molar-refractivity contribution >= 4 is 0 Å². The first-order valence-corrected chi connectivity index (χ1v) is 6.46. The van der Waals surface area contributed by atoms with Crippen molar-refractivity contribution in [2.45, 2.75) is 51.3 Å². The second-order valence-corrected chi connectivity index (χ2v) is 4.86. The molecule has 1 aliphatic carbocycles. The van der Waals surface area contributed by atoms with E-state index in [0.29, 0.717) is 12.1 Å². The highest BCUT2D eigenvalue weighted by atomic mass is 16.5. The maximum Gasteiger partial charge on any atom is 0.0572 e. The Balaban J connectivity index is 1.78. The predicted octanol–water partition coefficient (Wildman–Crippen LogP) is 2.44. The molecule has 0 aromatic carbocycles. The fourth-order valence-electron chi connectivity index (χ4n) is 2.45. The molecule has 0 spiro atoms. The average molecular weight is 234 g/mol. The minimum Gasteiger partial charge on any atom is -0.381 e. The molecule has 1 saturated carbocycles. The van der Waals surface area contributed by atoms with Gasteiger partial charge in [0.05, 0.1) is 11.8 Å². The lowest BCUT2D eigenvalue weighted by Gasteiger charge is -2.28. The van der Waals surface area contributed by atoms with Crippen molar-refractivity contribution in [1.82, 2.24) is 10.3 Å².